The summed E-state index contributed by atoms with van der Waals surface area (Å²) in [5.74, 6) is 3.26. The molecule has 142 valence electrons. The SMILES string of the molecule is CCn1ccnc1CN1CCN(Cc2ccc(C)o2)[C@@H]2CS(=O)(=O)C[C@@H]21. The summed E-state index contributed by atoms with van der Waals surface area (Å²) in [6, 6.07) is 3.98. The molecule has 0 aliphatic carbocycles. The van der Waals surface area contributed by atoms with Gasteiger partial charge < -0.3 is 8.98 Å². The number of imidazole rings is 1. The molecule has 0 N–H and O–H groups in total. The van der Waals surface area contributed by atoms with Gasteiger partial charge in [-0.05, 0) is 26.0 Å². The molecule has 2 aromatic rings. The Kier molecular flexibility index (Phi) is 4.66. The van der Waals surface area contributed by atoms with Gasteiger partial charge in [-0.2, -0.15) is 0 Å². The Morgan fingerprint density at radius 2 is 1.85 bits per heavy atom. The lowest BCUT2D eigenvalue weighted by atomic mass is 10.0. The van der Waals surface area contributed by atoms with Crippen LogP contribution in [0.25, 0.3) is 0 Å². The Hall–Kier alpha value is -1.64. The Bertz CT molecular complexity index is 873. The molecule has 26 heavy (non-hydrogen) atoms. The van der Waals surface area contributed by atoms with Crippen molar-refractivity contribution in [1.29, 1.82) is 0 Å². The average molecular weight is 378 g/mol. The van der Waals surface area contributed by atoms with Crippen molar-refractivity contribution in [1.82, 2.24) is 19.4 Å². The fraction of sp³-hybridized carbons (Fsp3) is 0.611. The van der Waals surface area contributed by atoms with Crippen molar-refractivity contribution in [3.63, 3.8) is 0 Å². The molecular weight excluding hydrogens is 352 g/mol. The van der Waals surface area contributed by atoms with Crippen molar-refractivity contribution in [2.75, 3.05) is 24.6 Å². The molecule has 0 amide bonds. The van der Waals surface area contributed by atoms with Gasteiger partial charge in [-0.1, -0.05) is 0 Å². The molecule has 2 aliphatic rings. The predicted molar refractivity (Wildman–Crippen MR) is 98.4 cm³/mol. The van der Waals surface area contributed by atoms with E-state index in [4.69, 9.17) is 4.42 Å². The van der Waals surface area contributed by atoms with E-state index in [1.54, 1.807) is 0 Å². The van der Waals surface area contributed by atoms with Crippen molar-refractivity contribution in [3.05, 3.63) is 41.9 Å². The summed E-state index contributed by atoms with van der Waals surface area (Å²) in [5, 5.41) is 0. The zero-order valence-electron chi connectivity index (χ0n) is 15.3. The van der Waals surface area contributed by atoms with E-state index in [1.807, 2.05) is 31.5 Å². The van der Waals surface area contributed by atoms with Crippen LogP contribution in [-0.4, -0.2) is 64.4 Å². The highest BCUT2D eigenvalue weighted by molar-refractivity contribution is 7.91. The second-order valence-corrected chi connectivity index (χ2v) is 9.45. The minimum atomic E-state index is -3.02. The molecule has 2 saturated heterocycles. The van der Waals surface area contributed by atoms with Crippen LogP contribution in [0.3, 0.4) is 0 Å². The number of hydrogen-bond acceptors (Lipinski definition) is 6. The third-order valence-corrected chi connectivity index (χ3v) is 7.25. The minimum Gasteiger partial charge on any atom is -0.465 e. The molecular formula is C18H26N4O3S. The topological polar surface area (TPSA) is 71.6 Å². The Balaban J connectivity index is 1.53. The molecule has 0 bridgehead atoms. The largest absolute Gasteiger partial charge is 0.465 e. The van der Waals surface area contributed by atoms with Gasteiger partial charge in [-0.25, -0.2) is 13.4 Å². The van der Waals surface area contributed by atoms with Crippen LogP contribution < -0.4 is 0 Å². The maximum absolute atomic E-state index is 12.4. The number of nitrogens with zero attached hydrogens (tertiary/aromatic N) is 4. The lowest BCUT2D eigenvalue weighted by Gasteiger charge is -2.43. The first-order valence-corrected chi connectivity index (χ1v) is 11.0. The van der Waals surface area contributed by atoms with E-state index in [2.05, 4.69) is 26.3 Å². The molecule has 0 saturated carbocycles. The molecule has 2 atom stereocenters. The van der Waals surface area contributed by atoms with Gasteiger partial charge in [0.15, 0.2) is 9.84 Å². The smallest absolute Gasteiger partial charge is 0.153 e. The summed E-state index contributed by atoms with van der Waals surface area (Å²) < 4.78 is 32.6. The average Bonchev–Trinajstić information content (AvgIpc) is 3.28. The van der Waals surface area contributed by atoms with Crippen LogP contribution in [0.5, 0.6) is 0 Å². The molecule has 2 aliphatic heterocycles. The third kappa shape index (κ3) is 3.45. The van der Waals surface area contributed by atoms with Crippen molar-refractivity contribution in [3.8, 4) is 0 Å². The molecule has 0 aromatic carbocycles. The van der Waals surface area contributed by atoms with Gasteiger partial charge >= 0.3 is 0 Å². The van der Waals surface area contributed by atoms with Crippen LogP contribution in [0.1, 0.15) is 24.3 Å². The van der Waals surface area contributed by atoms with Gasteiger partial charge in [0.2, 0.25) is 0 Å². The van der Waals surface area contributed by atoms with Gasteiger partial charge in [0.25, 0.3) is 0 Å². The second kappa shape index (κ2) is 6.83. The van der Waals surface area contributed by atoms with Crippen LogP contribution in [0.2, 0.25) is 0 Å². The number of furan rings is 1. The van der Waals surface area contributed by atoms with E-state index in [1.165, 1.54) is 0 Å². The number of sulfone groups is 1. The molecule has 2 aromatic heterocycles. The normalized spacial score (nSPS) is 26.2. The summed E-state index contributed by atoms with van der Waals surface area (Å²) in [6.45, 7) is 7.94. The molecule has 0 spiro atoms. The number of aromatic nitrogens is 2. The first-order valence-electron chi connectivity index (χ1n) is 9.19. The molecule has 0 radical (unpaired) electrons. The first kappa shape index (κ1) is 17.8. The van der Waals surface area contributed by atoms with Gasteiger partial charge in [-0.3, -0.25) is 9.80 Å². The third-order valence-electron chi connectivity index (χ3n) is 5.55. The van der Waals surface area contributed by atoms with E-state index in [-0.39, 0.29) is 23.6 Å². The summed E-state index contributed by atoms with van der Waals surface area (Å²) in [6.07, 6.45) is 3.80. The summed E-state index contributed by atoms with van der Waals surface area (Å²) >= 11 is 0. The van der Waals surface area contributed by atoms with Gasteiger partial charge in [0.05, 0.1) is 24.6 Å². The van der Waals surface area contributed by atoms with Gasteiger partial charge in [0.1, 0.15) is 17.3 Å². The summed E-state index contributed by atoms with van der Waals surface area (Å²) in [5.41, 5.74) is 0. The van der Waals surface area contributed by atoms with E-state index in [0.717, 1.165) is 37.0 Å². The highest BCUT2D eigenvalue weighted by Gasteiger charge is 2.46. The zero-order chi connectivity index (χ0) is 18.3. The number of aryl methyl sites for hydroxylation is 2. The van der Waals surface area contributed by atoms with E-state index >= 15 is 0 Å². The predicted octanol–water partition coefficient (Wildman–Crippen LogP) is 1.29. The van der Waals surface area contributed by atoms with E-state index in [9.17, 15) is 8.42 Å². The summed E-state index contributed by atoms with van der Waals surface area (Å²) in [4.78, 5) is 9.04. The Labute approximate surface area is 154 Å². The lowest BCUT2D eigenvalue weighted by molar-refractivity contribution is 0.0296. The minimum absolute atomic E-state index is 0.0178. The van der Waals surface area contributed by atoms with Crippen molar-refractivity contribution in [2.24, 2.45) is 0 Å². The molecule has 2 fully saturated rings. The van der Waals surface area contributed by atoms with Crippen molar-refractivity contribution < 1.29 is 12.8 Å². The molecule has 7 nitrogen and oxygen atoms in total. The zero-order valence-corrected chi connectivity index (χ0v) is 16.2. The van der Waals surface area contributed by atoms with Gasteiger partial charge in [0, 0.05) is 44.1 Å². The standard InChI is InChI=1S/C18H26N4O3S/c1-3-20-7-6-19-18(20)11-22-9-8-21(10-15-5-4-14(2)25-15)16-12-26(23,24)13-17(16)22/h4-7,16-17H,3,8-13H2,1-2H3/t16-,17+/m1/s1. The molecule has 0 unspecified atom stereocenters. The lowest BCUT2D eigenvalue weighted by Crippen LogP contribution is -2.58. The second-order valence-electron chi connectivity index (χ2n) is 7.29. The Morgan fingerprint density at radius 1 is 1.15 bits per heavy atom. The van der Waals surface area contributed by atoms with Crippen molar-refractivity contribution >= 4 is 9.84 Å². The fourth-order valence-corrected chi connectivity index (χ4v) is 6.26. The maximum Gasteiger partial charge on any atom is 0.153 e. The number of rotatable bonds is 5. The van der Waals surface area contributed by atoms with Crippen molar-refractivity contribution in [2.45, 2.75) is 45.6 Å². The fourth-order valence-electron chi connectivity index (χ4n) is 4.22. The highest BCUT2D eigenvalue weighted by Crippen LogP contribution is 2.29. The van der Waals surface area contributed by atoms with Crippen LogP contribution in [0.15, 0.2) is 28.9 Å². The number of hydrogen-bond donors (Lipinski definition) is 0. The molecule has 4 rings (SSSR count). The van der Waals surface area contributed by atoms with Crippen LogP contribution >= 0.6 is 0 Å². The maximum atomic E-state index is 12.4. The summed E-state index contributed by atoms with van der Waals surface area (Å²) in [7, 11) is -3.02. The highest BCUT2D eigenvalue weighted by atomic mass is 32.2. The monoisotopic (exact) mass is 378 g/mol. The van der Waals surface area contributed by atoms with Crippen LogP contribution in [0.4, 0.5) is 0 Å². The molecule has 8 heteroatoms. The number of fused-ring (bicyclic) bond motifs is 1. The number of piperazine rings is 1. The molecule has 4 heterocycles. The van der Waals surface area contributed by atoms with E-state index in [0.29, 0.717) is 13.1 Å². The van der Waals surface area contributed by atoms with Crippen LogP contribution in [0, 0.1) is 6.92 Å². The Morgan fingerprint density at radius 3 is 2.46 bits per heavy atom. The van der Waals surface area contributed by atoms with E-state index < -0.39 is 9.84 Å². The quantitative estimate of drug-likeness (QED) is 0.781. The van der Waals surface area contributed by atoms with Crippen LogP contribution in [-0.2, 0) is 29.5 Å². The first-order chi connectivity index (χ1) is 12.4. The van der Waals surface area contributed by atoms with Gasteiger partial charge in [-0.15, -0.1) is 0 Å².